The van der Waals surface area contributed by atoms with Crippen molar-refractivity contribution in [2.45, 2.75) is 32.7 Å². The van der Waals surface area contributed by atoms with Gasteiger partial charge in [-0.25, -0.2) is 0 Å². The smallest absolute Gasteiger partial charge is 0.251 e. The molecule has 21 heavy (non-hydrogen) atoms. The summed E-state index contributed by atoms with van der Waals surface area (Å²) < 4.78 is 0. The number of H-pyrrole nitrogens is 1. The maximum absolute atomic E-state index is 12.0. The van der Waals surface area contributed by atoms with Crippen molar-refractivity contribution in [2.75, 3.05) is 6.54 Å². The average molecular weight is 287 g/mol. The largest absolute Gasteiger partial charge is 0.361 e. The summed E-state index contributed by atoms with van der Waals surface area (Å²) in [7, 11) is 0. The van der Waals surface area contributed by atoms with E-state index in [9.17, 15) is 9.59 Å². The number of carbonyl (C=O) groups is 2. The van der Waals surface area contributed by atoms with Crippen molar-refractivity contribution in [3.05, 3.63) is 36.0 Å². The van der Waals surface area contributed by atoms with E-state index >= 15 is 0 Å². The monoisotopic (exact) mass is 287 g/mol. The highest BCUT2D eigenvalue weighted by atomic mass is 16.2. The second-order valence-corrected chi connectivity index (χ2v) is 6.08. The molecule has 1 heterocycles. The van der Waals surface area contributed by atoms with Gasteiger partial charge in [-0.15, -0.1) is 0 Å². The Balaban J connectivity index is 1.85. The zero-order valence-electron chi connectivity index (χ0n) is 12.6. The van der Waals surface area contributed by atoms with E-state index in [1.807, 2.05) is 39.1 Å². The van der Waals surface area contributed by atoms with Crippen LogP contribution in [0.5, 0.6) is 0 Å². The maximum atomic E-state index is 12.0. The first-order valence-corrected chi connectivity index (χ1v) is 7.01. The van der Waals surface area contributed by atoms with E-state index in [1.54, 1.807) is 12.1 Å². The van der Waals surface area contributed by atoms with Gasteiger partial charge in [-0.1, -0.05) is 6.07 Å². The number of benzene rings is 1. The van der Waals surface area contributed by atoms with Gasteiger partial charge in [-0.05, 0) is 44.4 Å². The predicted octanol–water partition coefficient (Wildman–Crippen LogP) is 2.20. The molecule has 0 spiro atoms. The first-order valence-electron chi connectivity index (χ1n) is 7.01. The Hall–Kier alpha value is -2.30. The Morgan fingerprint density at radius 2 is 1.95 bits per heavy atom. The van der Waals surface area contributed by atoms with Crippen LogP contribution in [0.3, 0.4) is 0 Å². The topological polar surface area (TPSA) is 74.0 Å². The van der Waals surface area contributed by atoms with Crippen LogP contribution in [-0.4, -0.2) is 28.9 Å². The summed E-state index contributed by atoms with van der Waals surface area (Å²) in [6.45, 7) is 6.10. The summed E-state index contributed by atoms with van der Waals surface area (Å²) in [6.07, 6.45) is 2.11. The minimum atomic E-state index is -0.250. The van der Waals surface area contributed by atoms with Crippen LogP contribution in [-0.2, 0) is 4.79 Å². The van der Waals surface area contributed by atoms with E-state index in [2.05, 4.69) is 15.6 Å². The molecule has 0 aliphatic heterocycles. The number of hydrogen-bond acceptors (Lipinski definition) is 2. The number of rotatable bonds is 4. The van der Waals surface area contributed by atoms with E-state index in [0.29, 0.717) is 12.1 Å². The molecule has 0 bridgehead atoms. The van der Waals surface area contributed by atoms with Gasteiger partial charge in [-0.3, -0.25) is 9.59 Å². The molecule has 0 saturated heterocycles. The number of aromatic amines is 1. The molecule has 5 heteroatoms. The van der Waals surface area contributed by atoms with Crippen LogP contribution in [0.4, 0.5) is 0 Å². The van der Waals surface area contributed by atoms with Crippen molar-refractivity contribution in [1.82, 2.24) is 15.6 Å². The van der Waals surface area contributed by atoms with E-state index < -0.39 is 0 Å². The first-order chi connectivity index (χ1) is 9.85. The number of fused-ring (bicyclic) bond motifs is 1. The summed E-state index contributed by atoms with van der Waals surface area (Å²) in [5, 5.41) is 6.68. The molecular formula is C16H21N3O2. The van der Waals surface area contributed by atoms with Gasteiger partial charge in [0.15, 0.2) is 0 Å². The summed E-state index contributed by atoms with van der Waals surface area (Å²) in [5.41, 5.74) is 1.26. The third-order valence-electron chi connectivity index (χ3n) is 2.97. The lowest BCUT2D eigenvalue weighted by Crippen LogP contribution is -2.41. The van der Waals surface area contributed by atoms with Gasteiger partial charge in [0.05, 0.1) is 0 Å². The second-order valence-electron chi connectivity index (χ2n) is 6.08. The molecule has 0 fully saturated rings. The van der Waals surface area contributed by atoms with Gasteiger partial charge in [-0.2, -0.15) is 0 Å². The molecule has 0 unspecified atom stereocenters. The molecule has 0 aliphatic rings. The lowest BCUT2D eigenvalue weighted by atomic mass is 10.1. The predicted molar refractivity (Wildman–Crippen MR) is 83.1 cm³/mol. The molecule has 5 nitrogen and oxygen atoms in total. The van der Waals surface area contributed by atoms with Crippen LogP contribution in [0.1, 0.15) is 37.6 Å². The van der Waals surface area contributed by atoms with Crippen LogP contribution < -0.4 is 10.6 Å². The van der Waals surface area contributed by atoms with E-state index in [4.69, 9.17) is 0 Å². The molecule has 3 N–H and O–H groups in total. The number of amides is 2. The molecule has 0 radical (unpaired) electrons. The SMILES string of the molecule is CC(C)(C)NC(=O)CCNC(=O)c1ccc2cc[nH]c2c1. The minimum Gasteiger partial charge on any atom is -0.361 e. The Kier molecular flexibility index (Phi) is 4.31. The van der Waals surface area contributed by atoms with Crippen molar-refractivity contribution in [1.29, 1.82) is 0 Å². The lowest BCUT2D eigenvalue weighted by Gasteiger charge is -2.20. The van der Waals surface area contributed by atoms with Crippen LogP contribution in [0.25, 0.3) is 10.9 Å². The number of carbonyl (C=O) groups excluding carboxylic acids is 2. The fraction of sp³-hybridized carbons (Fsp3) is 0.375. The molecule has 0 aliphatic carbocycles. The van der Waals surface area contributed by atoms with Gasteiger partial charge < -0.3 is 15.6 Å². The van der Waals surface area contributed by atoms with Gasteiger partial charge in [0.1, 0.15) is 0 Å². The molecule has 2 rings (SSSR count). The zero-order chi connectivity index (χ0) is 15.5. The average Bonchev–Trinajstić information content (AvgIpc) is 2.83. The fourth-order valence-electron chi connectivity index (χ4n) is 2.06. The van der Waals surface area contributed by atoms with Crippen LogP contribution in [0.15, 0.2) is 30.5 Å². The normalized spacial score (nSPS) is 11.4. The van der Waals surface area contributed by atoms with E-state index in [0.717, 1.165) is 10.9 Å². The zero-order valence-corrected chi connectivity index (χ0v) is 12.6. The van der Waals surface area contributed by atoms with E-state index in [-0.39, 0.29) is 23.8 Å². The van der Waals surface area contributed by atoms with Crippen LogP contribution >= 0.6 is 0 Å². The molecule has 112 valence electrons. The molecule has 1 aromatic heterocycles. The standard InChI is InChI=1S/C16H21N3O2/c1-16(2,3)19-14(20)7-9-18-15(21)12-5-4-11-6-8-17-13(11)10-12/h4-6,8,10,17H,7,9H2,1-3H3,(H,18,21)(H,19,20). The van der Waals surface area contributed by atoms with Crippen molar-refractivity contribution in [3.8, 4) is 0 Å². The summed E-state index contributed by atoms with van der Waals surface area (Å²) in [6, 6.07) is 7.43. The second kappa shape index (κ2) is 5.99. The Morgan fingerprint density at radius 3 is 2.67 bits per heavy atom. The van der Waals surface area contributed by atoms with Crippen molar-refractivity contribution < 1.29 is 9.59 Å². The first kappa shape index (κ1) is 15.1. The van der Waals surface area contributed by atoms with Crippen molar-refractivity contribution in [3.63, 3.8) is 0 Å². The highest BCUT2D eigenvalue weighted by Crippen LogP contribution is 2.13. The highest BCUT2D eigenvalue weighted by Gasteiger charge is 2.13. The van der Waals surface area contributed by atoms with Crippen molar-refractivity contribution >= 4 is 22.7 Å². The Bertz CT molecular complexity index is 653. The van der Waals surface area contributed by atoms with Crippen LogP contribution in [0, 0.1) is 0 Å². The third-order valence-corrected chi connectivity index (χ3v) is 2.97. The Labute approximate surface area is 124 Å². The van der Waals surface area contributed by atoms with Gasteiger partial charge >= 0.3 is 0 Å². The number of hydrogen-bond donors (Lipinski definition) is 3. The molecule has 0 atom stereocenters. The lowest BCUT2D eigenvalue weighted by molar-refractivity contribution is -0.122. The highest BCUT2D eigenvalue weighted by molar-refractivity contribution is 5.98. The molecule has 0 saturated carbocycles. The maximum Gasteiger partial charge on any atom is 0.251 e. The third kappa shape index (κ3) is 4.34. The van der Waals surface area contributed by atoms with Gasteiger partial charge in [0, 0.05) is 35.8 Å². The number of aromatic nitrogens is 1. The molecule has 2 amide bonds. The number of nitrogens with one attached hydrogen (secondary N) is 3. The van der Waals surface area contributed by atoms with E-state index in [1.165, 1.54) is 0 Å². The minimum absolute atomic E-state index is 0.0670. The fourth-order valence-corrected chi connectivity index (χ4v) is 2.06. The molecular weight excluding hydrogens is 266 g/mol. The summed E-state index contributed by atoms with van der Waals surface area (Å²) in [4.78, 5) is 26.7. The summed E-state index contributed by atoms with van der Waals surface area (Å²) >= 11 is 0. The summed E-state index contributed by atoms with van der Waals surface area (Å²) in [5.74, 6) is -0.238. The van der Waals surface area contributed by atoms with Gasteiger partial charge in [0.25, 0.3) is 5.91 Å². The Morgan fingerprint density at radius 1 is 1.19 bits per heavy atom. The van der Waals surface area contributed by atoms with Crippen LogP contribution in [0.2, 0.25) is 0 Å². The van der Waals surface area contributed by atoms with Crippen molar-refractivity contribution in [2.24, 2.45) is 0 Å². The van der Waals surface area contributed by atoms with Gasteiger partial charge in [0.2, 0.25) is 5.91 Å². The molecule has 2 aromatic rings. The quantitative estimate of drug-likeness (QED) is 0.806. The molecule has 1 aromatic carbocycles.